The molecule has 13 heavy (non-hydrogen) atoms. The van der Waals surface area contributed by atoms with Crippen molar-refractivity contribution in [1.82, 2.24) is 5.32 Å². The third kappa shape index (κ3) is 2.02. The van der Waals surface area contributed by atoms with Gasteiger partial charge in [-0.2, -0.15) is 0 Å². The lowest BCUT2D eigenvalue weighted by Gasteiger charge is -2.18. The van der Waals surface area contributed by atoms with Gasteiger partial charge in [-0.1, -0.05) is 24.3 Å². The summed E-state index contributed by atoms with van der Waals surface area (Å²) in [6.07, 6.45) is 7.64. The number of fused-ring (bicyclic) bond motifs is 2. The second-order valence-electron chi connectivity index (χ2n) is 4.63. The van der Waals surface area contributed by atoms with Crippen molar-refractivity contribution in [2.45, 2.75) is 19.8 Å². The van der Waals surface area contributed by atoms with Crippen molar-refractivity contribution in [3.63, 3.8) is 0 Å². The van der Waals surface area contributed by atoms with Gasteiger partial charge in [0, 0.05) is 6.54 Å². The number of hydrogen-bond donors (Lipinski definition) is 1. The first-order valence-corrected chi connectivity index (χ1v) is 5.29. The zero-order valence-corrected chi connectivity index (χ0v) is 8.42. The van der Waals surface area contributed by atoms with Crippen LogP contribution in [0.3, 0.4) is 0 Å². The molecule has 1 nitrogen and oxygen atoms in total. The van der Waals surface area contributed by atoms with Crippen molar-refractivity contribution >= 4 is 0 Å². The van der Waals surface area contributed by atoms with Gasteiger partial charge in [0.05, 0.1) is 0 Å². The van der Waals surface area contributed by atoms with E-state index in [1.54, 1.807) is 0 Å². The van der Waals surface area contributed by atoms with E-state index in [0.717, 1.165) is 24.3 Å². The van der Waals surface area contributed by atoms with Crippen LogP contribution in [0.25, 0.3) is 0 Å². The molecule has 0 radical (unpaired) electrons. The molecule has 3 atom stereocenters. The van der Waals surface area contributed by atoms with Crippen LogP contribution >= 0.6 is 0 Å². The highest BCUT2D eigenvalue weighted by Gasteiger charge is 2.34. The number of allylic oxidation sites excluding steroid dienone is 2. The molecule has 2 bridgehead atoms. The third-order valence-corrected chi connectivity index (χ3v) is 3.25. The van der Waals surface area contributed by atoms with Crippen molar-refractivity contribution in [3.05, 3.63) is 24.3 Å². The van der Waals surface area contributed by atoms with Crippen molar-refractivity contribution in [3.8, 4) is 0 Å². The minimum atomic E-state index is 0.877. The Kier molecular flexibility index (Phi) is 2.54. The summed E-state index contributed by atoms with van der Waals surface area (Å²) >= 11 is 0. The number of rotatable bonds is 4. The van der Waals surface area contributed by atoms with E-state index in [9.17, 15) is 0 Å². The Labute approximate surface area is 80.9 Å². The first-order valence-electron chi connectivity index (χ1n) is 5.29. The van der Waals surface area contributed by atoms with Crippen LogP contribution < -0.4 is 5.32 Å². The highest BCUT2D eigenvalue weighted by atomic mass is 14.9. The summed E-state index contributed by atoms with van der Waals surface area (Å²) < 4.78 is 0. The Morgan fingerprint density at radius 1 is 1.46 bits per heavy atom. The second-order valence-corrected chi connectivity index (χ2v) is 4.63. The predicted molar refractivity (Wildman–Crippen MR) is 56.5 cm³/mol. The van der Waals surface area contributed by atoms with E-state index in [2.05, 4.69) is 31.0 Å². The van der Waals surface area contributed by atoms with Gasteiger partial charge < -0.3 is 5.32 Å². The molecule has 2 aliphatic rings. The maximum absolute atomic E-state index is 3.89. The molecule has 1 heteroatoms. The van der Waals surface area contributed by atoms with Crippen LogP contribution in [0.15, 0.2) is 24.3 Å². The molecule has 0 amide bonds. The van der Waals surface area contributed by atoms with E-state index in [0.29, 0.717) is 0 Å². The van der Waals surface area contributed by atoms with Gasteiger partial charge in [-0.25, -0.2) is 0 Å². The van der Waals surface area contributed by atoms with E-state index in [4.69, 9.17) is 0 Å². The average molecular weight is 177 g/mol. The van der Waals surface area contributed by atoms with E-state index < -0.39 is 0 Å². The highest BCUT2D eigenvalue weighted by Crippen LogP contribution is 2.42. The fourth-order valence-corrected chi connectivity index (χ4v) is 2.60. The molecule has 1 N–H and O–H groups in total. The summed E-state index contributed by atoms with van der Waals surface area (Å²) in [5.74, 6) is 2.68. The Morgan fingerprint density at radius 3 is 2.85 bits per heavy atom. The lowest BCUT2D eigenvalue weighted by Crippen LogP contribution is -2.26. The van der Waals surface area contributed by atoms with Gasteiger partial charge in [0.1, 0.15) is 0 Å². The van der Waals surface area contributed by atoms with E-state index in [1.807, 2.05) is 0 Å². The largest absolute Gasteiger partial charge is 0.313 e. The number of nitrogens with one attached hydrogen (secondary N) is 1. The minimum Gasteiger partial charge on any atom is -0.313 e. The lowest BCUT2D eigenvalue weighted by atomic mass is 9.93. The molecule has 2 aliphatic carbocycles. The van der Waals surface area contributed by atoms with Crippen LogP contribution in [0.1, 0.15) is 19.8 Å². The average Bonchev–Trinajstić information content (AvgIpc) is 2.64. The molecule has 3 unspecified atom stereocenters. The molecule has 0 spiro atoms. The molecule has 2 rings (SSSR count). The topological polar surface area (TPSA) is 12.0 Å². The Hall–Kier alpha value is -0.560. The molecule has 0 saturated heterocycles. The van der Waals surface area contributed by atoms with Gasteiger partial charge >= 0.3 is 0 Å². The van der Waals surface area contributed by atoms with E-state index in [1.165, 1.54) is 25.0 Å². The Balaban J connectivity index is 1.72. The summed E-state index contributed by atoms with van der Waals surface area (Å²) in [5.41, 5.74) is 1.23. The van der Waals surface area contributed by atoms with Gasteiger partial charge in [0.15, 0.2) is 0 Å². The number of hydrogen-bond acceptors (Lipinski definition) is 1. The van der Waals surface area contributed by atoms with Crippen LogP contribution in [0.4, 0.5) is 0 Å². The van der Waals surface area contributed by atoms with Gasteiger partial charge in [-0.05, 0) is 44.1 Å². The predicted octanol–water partition coefficient (Wildman–Crippen LogP) is 2.36. The molecule has 0 aromatic rings. The van der Waals surface area contributed by atoms with Gasteiger partial charge in [0.2, 0.25) is 0 Å². The maximum atomic E-state index is 3.89. The quantitative estimate of drug-likeness (QED) is 0.650. The van der Waals surface area contributed by atoms with Crippen molar-refractivity contribution < 1.29 is 0 Å². The second kappa shape index (κ2) is 3.67. The smallest absolute Gasteiger partial charge is 0.0159 e. The summed E-state index contributed by atoms with van der Waals surface area (Å²) in [6.45, 7) is 8.13. The van der Waals surface area contributed by atoms with Crippen molar-refractivity contribution in [2.75, 3.05) is 13.1 Å². The molecule has 0 aromatic heterocycles. The SMILES string of the molecule is C=C(C)CNCC1CC2C=CC1C2. The molecule has 0 heterocycles. The monoisotopic (exact) mass is 177 g/mol. The molecule has 0 aromatic carbocycles. The van der Waals surface area contributed by atoms with Crippen LogP contribution in [-0.2, 0) is 0 Å². The molecule has 72 valence electrons. The molecule has 0 aliphatic heterocycles. The lowest BCUT2D eigenvalue weighted by molar-refractivity contribution is 0.422. The van der Waals surface area contributed by atoms with Crippen LogP contribution in [0.5, 0.6) is 0 Å². The Bertz CT molecular complexity index is 229. The van der Waals surface area contributed by atoms with Crippen LogP contribution in [-0.4, -0.2) is 13.1 Å². The summed E-state index contributed by atoms with van der Waals surface area (Å²) in [7, 11) is 0. The van der Waals surface area contributed by atoms with Gasteiger partial charge in [0.25, 0.3) is 0 Å². The zero-order chi connectivity index (χ0) is 9.26. The van der Waals surface area contributed by atoms with E-state index >= 15 is 0 Å². The standard InChI is InChI=1S/C12H19N/c1-9(2)7-13-8-12-6-10-3-4-11(12)5-10/h3-4,10-13H,1,5-8H2,2H3. The summed E-state index contributed by atoms with van der Waals surface area (Å²) in [4.78, 5) is 0. The maximum Gasteiger partial charge on any atom is 0.0159 e. The Morgan fingerprint density at radius 2 is 2.31 bits per heavy atom. The van der Waals surface area contributed by atoms with Crippen LogP contribution in [0.2, 0.25) is 0 Å². The fraction of sp³-hybridized carbons (Fsp3) is 0.667. The molecular weight excluding hydrogens is 158 g/mol. The summed E-state index contributed by atoms with van der Waals surface area (Å²) in [6, 6.07) is 0. The molecule has 1 fully saturated rings. The van der Waals surface area contributed by atoms with Crippen molar-refractivity contribution in [2.24, 2.45) is 17.8 Å². The summed E-state index contributed by atoms with van der Waals surface area (Å²) in [5, 5.41) is 3.48. The highest BCUT2D eigenvalue weighted by molar-refractivity contribution is 5.10. The van der Waals surface area contributed by atoms with Gasteiger partial charge in [-0.15, -0.1) is 0 Å². The first-order chi connectivity index (χ1) is 6.25. The fourth-order valence-electron chi connectivity index (χ4n) is 2.60. The van der Waals surface area contributed by atoms with E-state index in [-0.39, 0.29) is 0 Å². The van der Waals surface area contributed by atoms with Crippen molar-refractivity contribution in [1.29, 1.82) is 0 Å². The minimum absolute atomic E-state index is 0.877. The first kappa shape index (κ1) is 9.01. The zero-order valence-electron chi connectivity index (χ0n) is 8.42. The third-order valence-electron chi connectivity index (χ3n) is 3.25. The molecular formula is C12H19N. The van der Waals surface area contributed by atoms with Gasteiger partial charge in [-0.3, -0.25) is 0 Å². The normalized spacial score (nSPS) is 35.6. The molecule has 1 saturated carbocycles. The van der Waals surface area contributed by atoms with Crippen LogP contribution in [0, 0.1) is 17.8 Å².